The maximum atomic E-state index is 5.53. The molecular formula is C8H20N2O. The van der Waals surface area contributed by atoms with E-state index in [0.717, 1.165) is 19.6 Å². The van der Waals surface area contributed by atoms with Gasteiger partial charge in [0.05, 0.1) is 0 Å². The summed E-state index contributed by atoms with van der Waals surface area (Å²) < 4.78 is 4.92. The summed E-state index contributed by atoms with van der Waals surface area (Å²) in [6.45, 7) is 6.64. The van der Waals surface area contributed by atoms with E-state index in [4.69, 9.17) is 10.5 Å². The Labute approximate surface area is 69.3 Å². The van der Waals surface area contributed by atoms with Crippen LogP contribution in [-0.4, -0.2) is 32.3 Å². The molecule has 0 radical (unpaired) electrons. The Hall–Kier alpha value is -0.120. The summed E-state index contributed by atoms with van der Waals surface area (Å²) in [5, 5.41) is 3.34. The van der Waals surface area contributed by atoms with Crippen molar-refractivity contribution in [1.82, 2.24) is 5.32 Å². The molecule has 0 spiro atoms. The van der Waals surface area contributed by atoms with Gasteiger partial charge in [-0.1, -0.05) is 0 Å². The fourth-order valence-electron chi connectivity index (χ4n) is 0.715. The Morgan fingerprint density at radius 3 is 2.55 bits per heavy atom. The van der Waals surface area contributed by atoms with Crippen molar-refractivity contribution in [1.29, 1.82) is 0 Å². The highest BCUT2D eigenvalue weighted by atomic mass is 16.5. The molecule has 0 aliphatic rings. The van der Waals surface area contributed by atoms with Crippen LogP contribution in [0.1, 0.15) is 20.3 Å². The van der Waals surface area contributed by atoms with E-state index >= 15 is 0 Å². The molecule has 0 atom stereocenters. The number of nitrogens with two attached hydrogens (primary N) is 1. The van der Waals surface area contributed by atoms with Gasteiger partial charge in [-0.3, -0.25) is 0 Å². The standard InChI is InChI=1S/C8H20N2O/c1-8(2,7-9)10-5-4-6-11-3/h10H,4-7,9H2,1-3H3. The third-order valence-electron chi connectivity index (χ3n) is 1.64. The van der Waals surface area contributed by atoms with Gasteiger partial charge in [0.1, 0.15) is 0 Å². The Balaban J connectivity index is 3.23. The molecule has 0 unspecified atom stereocenters. The highest BCUT2D eigenvalue weighted by Crippen LogP contribution is 1.97. The summed E-state index contributed by atoms with van der Waals surface area (Å²) >= 11 is 0. The van der Waals surface area contributed by atoms with Gasteiger partial charge in [-0.05, 0) is 26.8 Å². The molecule has 0 amide bonds. The van der Waals surface area contributed by atoms with Gasteiger partial charge in [-0.2, -0.15) is 0 Å². The van der Waals surface area contributed by atoms with E-state index in [1.165, 1.54) is 0 Å². The Kier molecular flexibility index (Phi) is 5.46. The summed E-state index contributed by atoms with van der Waals surface area (Å²) in [6, 6.07) is 0. The molecule has 0 aliphatic heterocycles. The smallest absolute Gasteiger partial charge is 0.0474 e. The van der Waals surface area contributed by atoms with Crippen molar-refractivity contribution in [2.45, 2.75) is 25.8 Å². The Morgan fingerprint density at radius 1 is 1.45 bits per heavy atom. The van der Waals surface area contributed by atoms with Crippen LogP contribution in [0.5, 0.6) is 0 Å². The number of hydrogen-bond acceptors (Lipinski definition) is 3. The molecule has 0 aromatic rings. The maximum Gasteiger partial charge on any atom is 0.0474 e. The third-order valence-corrected chi connectivity index (χ3v) is 1.64. The number of ether oxygens (including phenoxy) is 1. The lowest BCUT2D eigenvalue weighted by atomic mass is 10.1. The molecule has 3 nitrogen and oxygen atoms in total. The van der Waals surface area contributed by atoms with Crippen LogP contribution >= 0.6 is 0 Å². The Morgan fingerprint density at radius 2 is 2.09 bits per heavy atom. The minimum Gasteiger partial charge on any atom is -0.385 e. The first-order valence-corrected chi connectivity index (χ1v) is 4.06. The van der Waals surface area contributed by atoms with Crippen molar-refractivity contribution < 1.29 is 4.74 Å². The second kappa shape index (κ2) is 5.52. The largest absolute Gasteiger partial charge is 0.385 e. The third kappa shape index (κ3) is 6.28. The summed E-state index contributed by atoms with van der Waals surface area (Å²) in [5.74, 6) is 0. The van der Waals surface area contributed by atoms with Crippen molar-refractivity contribution in [2.75, 3.05) is 26.8 Å². The average molecular weight is 160 g/mol. The monoisotopic (exact) mass is 160 g/mol. The van der Waals surface area contributed by atoms with E-state index in [9.17, 15) is 0 Å². The highest BCUT2D eigenvalue weighted by Gasteiger charge is 2.12. The fraction of sp³-hybridized carbons (Fsp3) is 1.00. The number of nitrogens with one attached hydrogen (secondary N) is 1. The SMILES string of the molecule is COCCCNC(C)(C)CN. The minimum absolute atomic E-state index is 0.0632. The molecule has 0 bridgehead atoms. The van der Waals surface area contributed by atoms with Crippen LogP contribution in [0, 0.1) is 0 Å². The van der Waals surface area contributed by atoms with Crippen LogP contribution in [0.15, 0.2) is 0 Å². The summed E-state index contributed by atoms with van der Waals surface area (Å²) in [6.07, 6.45) is 1.04. The van der Waals surface area contributed by atoms with E-state index < -0.39 is 0 Å². The molecular weight excluding hydrogens is 140 g/mol. The van der Waals surface area contributed by atoms with E-state index in [1.54, 1.807) is 7.11 Å². The summed E-state index contributed by atoms with van der Waals surface area (Å²) in [7, 11) is 1.72. The molecule has 0 rings (SSSR count). The van der Waals surface area contributed by atoms with Gasteiger partial charge in [0.2, 0.25) is 0 Å². The molecule has 0 fully saturated rings. The second-order valence-corrected chi connectivity index (χ2v) is 3.36. The van der Waals surface area contributed by atoms with Crippen LogP contribution < -0.4 is 11.1 Å². The zero-order valence-electron chi connectivity index (χ0n) is 7.81. The molecule has 3 N–H and O–H groups in total. The number of rotatable bonds is 6. The van der Waals surface area contributed by atoms with Gasteiger partial charge < -0.3 is 15.8 Å². The quantitative estimate of drug-likeness (QED) is 0.551. The zero-order chi connectivity index (χ0) is 8.74. The Bertz CT molecular complexity index is 94.1. The van der Waals surface area contributed by atoms with Gasteiger partial charge in [-0.15, -0.1) is 0 Å². The minimum atomic E-state index is 0.0632. The molecule has 3 heteroatoms. The van der Waals surface area contributed by atoms with E-state index in [2.05, 4.69) is 19.2 Å². The maximum absolute atomic E-state index is 5.53. The fourth-order valence-corrected chi connectivity index (χ4v) is 0.715. The van der Waals surface area contributed by atoms with Gasteiger partial charge >= 0.3 is 0 Å². The van der Waals surface area contributed by atoms with Crippen molar-refractivity contribution in [3.05, 3.63) is 0 Å². The van der Waals surface area contributed by atoms with Crippen molar-refractivity contribution in [3.8, 4) is 0 Å². The summed E-state index contributed by atoms with van der Waals surface area (Å²) in [5.41, 5.74) is 5.59. The van der Waals surface area contributed by atoms with Gasteiger partial charge in [0, 0.05) is 25.8 Å². The van der Waals surface area contributed by atoms with Crippen molar-refractivity contribution >= 4 is 0 Å². The van der Waals surface area contributed by atoms with E-state index in [-0.39, 0.29) is 5.54 Å². The molecule has 0 heterocycles. The van der Waals surface area contributed by atoms with E-state index in [1.807, 2.05) is 0 Å². The van der Waals surface area contributed by atoms with Gasteiger partial charge in [0.25, 0.3) is 0 Å². The van der Waals surface area contributed by atoms with Crippen molar-refractivity contribution in [2.24, 2.45) is 5.73 Å². The highest BCUT2D eigenvalue weighted by molar-refractivity contribution is 4.77. The molecule has 0 aromatic heterocycles. The first kappa shape index (κ1) is 10.9. The molecule has 0 saturated heterocycles. The van der Waals surface area contributed by atoms with Crippen LogP contribution in [0.4, 0.5) is 0 Å². The molecule has 0 aliphatic carbocycles. The lowest BCUT2D eigenvalue weighted by Crippen LogP contribution is -2.46. The number of hydrogen-bond donors (Lipinski definition) is 2. The number of methoxy groups -OCH3 is 1. The normalized spacial score (nSPS) is 12.0. The van der Waals surface area contributed by atoms with Gasteiger partial charge in [-0.25, -0.2) is 0 Å². The lowest BCUT2D eigenvalue weighted by Gasteiger charge is -2.24. The predicted octanol–water partition coefficient (Wildman–Crippen LogP) is 0.350. The zero-order valence-corrected chi connectivity index (χ0v) is 7.81. The van der Waals surface area contributed by atoms with Crippen molar-refractivity contribution in [3.63, 3.8) is 0 Å². The van der Waals surface area contributed by atoms with Crippen LogP contribution in [-0.2, 0) is 4.74 Å². The topological polar surface area (TPSA) is 47.3 Å². The average Bonchev–Trinajstić information content (AvgIpc) is 1.99. The molecule has 11 heavy (non-hydrogen) atoms. The molecule has 0 saturated carbocycles. The summed E-state index contributed by atoms with van der Waals surface area (Å²) in [4.78, 5) is 0. The first-order valence-electron chi connectivity index (χ1n) is 4.06. The molecule has 0 aromatic carbocycles. The van der Waals surface area contributed by atoms with Crippen LogP contribution in [0.3, 0.4) is 0 Å². The van der Waals surface area contributed by atoms with Gasteiger partial charge in [0.15, 0.2) is 0 Å². The lowest BCUT2D eigenvalue weighted by molar-refractivity contribution is 0.191. The first-order chi connectivity index (χ1) is 5.12. The predicted molar refractivity (Wildman–Crippen MR) is 47.6 cm³/mol. The second-order valence-electron chi connectivity index (χ2n) is 3.36. The van der Waals surface area contributed by atoms with Crippen LogP contribution in [0.25, 0.3) is 0 Å². The van der Waals surface area contributed by atoms with Crippen LogP contribution in [0.2, 0.25) is 0 Å². The van der Waals surface area contributed by atoms with E-state index in [0.29, 0.717) is 6.54 Å². The molecule has 68 valence electrons.